The number of hydrogen-bond donors (Lipinski definition) is 2. The van der Waals surface area contributed by atoms with Crippen LogP contribution in [0.5, 0.6) is 0 Å². The Labute approximate surface area is 183 Å². The molecule has 2 N–H and O–H groups in total. The maximum Gasteiger partial charge on any atom is 0.330 e. The molecule has 1 saturated heterocycles. The lowest BCUT2D eigenvalue weighted by molar-refractivity contribution is -0.136. The number of carbonyl (C=O) groups excluding carboxylic acids is 1. The summed E-state index contributed by atoms with van der Waals surface area (Å²) in [5, 5.41) is 2.57. The van der Waals surface area contributed by atoms with Crippen molar-refractivity contribution in [1.29, 1.82) is 0 Å². The maximum atomic E-state index is 12.6. The van der Waals surface area contributed by atoms with Gasteiger partial charge in [-0.15, -0.1) is 0 Å². The van der Waals surface area contributed by atoms with Gasteiger partial charge < -0.3 is 19.5 Å². The third-order valence-corrected chi connectivity index (χ3v) is 4.93. The molecule has 0 saturated carbocycles. The van der Waals surface area contributed by atoms with Crippen molar-refractivity contribution in [3.8, 4) is 0 Å². The molecular formula is C22H37N3O6. The smallest absolute Gasteiger partial charge is 0.330 e. The molecule has 4 atom stereocenters. The Morgan fingerprint density at radius 3 is 2.39 bits per heavy atom. The Bertz CT molecular complexity index is 877. The number of ether oxygens (including phenoxy) is 3. The number of nitrogens with one attached hydrogen (secondary N) is 2. The Kier molecular flexibility index (Phi) is 7.89. The van der Waals surface area contributed by atoms with Crippen LogP contribution in [-0.4, -0.2) is 53.0 Å². The summed E-state index contributed by atoms with van der Waals surface area (Å²) in [6.07, 6.45) is 0.0875. The van der Waals surface area contributed by atoms with E-state index in [4.69, 9.17) is 14.2 Å². The van der Waals surface area contributed by atoms with Crippen molar-refractivity contribution in [3.63, 3.8) is 0 Å². The van der Waals surface area contributed by atoms with E-state index in [1.807, 2.05) is 20.8 Å². The van der Waals surface area contributed by atoms with E-state index in [1.165, 1.54) is 10.8 Å². The summed E-state index contributed by atoms with van der Waals surface area (Å²) in [6.45, 7) is 13.9. The van der Waals surface area contributed by atoms with Crippen molar-refractivity contribution < 1.29 is 19.0 Å². The van der Waals surface area contributed by atoms with E-state index >= 15 is 0 Å². The molecule has 2 heterocycles. The van der Waals surface area contributed by atoms with Gasteiger partial charge in [0.15, 0.2) is 6.23 Å². The van der Waals surface area contributed by atoms with Crippen LogP contribution in [0.3, 0.4) is 0 Å². The zero-order valence-corrected chi connectivity index (χ0v) is 19.9. The Hall–Kier alpha value is -1.97. The van der Waals surface area contributed by atoms with E-state index in [1.54, 1.807) is 14.0 Å². The summed E-state index contributed by atoms with van der Waals surface area (Å²) in [6, 6.07) is 0. The predicted octanol–water partition coefficient (Wildman–Crippen LogP) is 1.88. The first-order valence-electron chi connectivity index (χ1n) is 10.7. The van der Waals surface area contributed by atoms with Gasteiger partial charge in [0.2, 0.25) is 5.91 Å². The topological polar surface area (TPSA) is 112 Å². The molecule has 9 heteroatoms. The highest BCUT2D eigenvalue weighted by Crippen LogP contribution is 2.39. The molecule has 1 aromatic rings. The number of amides is 1. The zero-order valence-electron chi connectivity index (χ0n) is 19.9. The molecule has 0 bridgehead atoms. The lowest BCUT2D eigenvalue weighted by Gasteiger charge is -2.33. The summed E-state index contributed by atoms with van der Waals surface area (Å²) in [7, 11) is 1.57. The van der Waals surface area contributed by atoms with Gasteiger partial charge in [0.05, 0.1) is 18.3 Å². The number of rotatable bonds is 7. The number of H-pyrrole nitrogens is 1. The van der Waals surface area contributed by atoms with Crippen molar-refractivity contribution in [1.82, 2.24) is 14.9 Å². The molecule has 0 radical (unpaired) electrons. The quantitative estimate of drug-likeness (QED) is 0.671. The first kappa shape index (κ1) is 25.3. The van der Waals surface area contributed by atoms with Crippen LogP contribution >= 0.6 is 0 Å². The van der Waals surface area contributed by atoms with E-state index in [2.05, 4.69) is 31.1 Å². The van der Waals surface area contributed by atoms with Gasteiger partial charge in [-0.3, -0.25) is 19.1 Å². The van der Waals surface area contributed by atoms with Crippen molar-refractivity contribution in [2.45, 2.75) is 91.4 Å². The molecule has 1 aromatic heterocycles. The van der Waals surface area contributed by atoms with Crippen molar-refractivity contribution in [2.24, 2.45) is 5.41 Å². The summed E-state index contributed by atoms with van der Waals surface area (Å²) in [5.74, 6) is -0.146. The minimum atomic E-state index is -0.799. The molecule has 0 aromatic carbocycles. The van der Waals surface area contributed by atoms with Crippen LogP contribution in [0.25, 0.3) is 0 Å². The molecule has 1 unspecified atom stereocenters. The van der Waals surface area contributed by atoms with Gasteiger partial charge in [0, 0.05) is 25.2 Å². The Morgan fingerprint density at radius 2 is 1.84 bits per heavy atom. The van der Waals surface area contributed by atoms with Gasteiger partial charge in [0.1, 0.15) is 12.2 Å². The van der Waals surface area contributed by atoms with Crippen molar-refractivity contribution in [2.75, 3.05) is 13.7 Å². The highest BCUT2D eigenvalue weighted by Gasteiger charge is 2.49. The van der Waals surface area contributed by atoms with Crippen molar-refractivity contribution in [3.05, 3.63) is 32.6 Å². The number of aryl methyl sites for hydroxylation is 1. The fourth-order valence-electron chi connectivity index (χ4n) is 3.62. The second-order valence-electron chi connectivity index (χ2n) is 10.3. The molecule has 1 fully saturated rings. The van der Waals surface area contributed by atoms with Crippen molar-refractivity contribution >= 4 is 5.91 Å². The molecule has 9 nitrogen and oxygen atoms in total. The zero-order chi connectivity index (χ0) is 23.6. The minimum Gasteiger partial charge on any atom is -0.370 e. The first-order chi connectivity index (χ1) is 14.2. The van der Waals surface area contributed by atoms with Gasteiger partial charge in [-0.25, -0.2) is 4.79 Å². The van der Waals surface area contributed by atoms with Gasteiger partial charge in [-0.1, -0.05) is 20.8 Å². The second kappa shape index (κ2) is 9.67. The molecule has 176 valence electrons. The van der Waals surface area contributed by atoms with Crippen LogP contribution in [0.15, 0.2) is 15.8 Å². The van der Waals surface area contributed by atoms with Gasteiger partial charge in [-0.05, 0) is 39.5 Å². The van der Waals surface area contributed by atoms with Gasteiger partial charge in [0.25, 0.3) is 5.56 Å². The highest BCUT2D eigenvalue weighted by molar-refractivity contribution is 5.75. The van der Waals surface area contributed by atoms with E-state index in [-0.39, 0.29) is 30.5 Å². The second-order valence-corrected chi connectivity index (χ2v) is 10.3. The van der Waals surface area contributed by atoms with Crippen LogP contribution in [0.2, 0.25) is 0 Å². The average molecular weight is 440 g/mol. The average Bonchev–Trinajstić information content (AvgIpc) is 2.92. The number of carbonyl (C=O) groups is 1. The monoisotopic (exact) mass is 439 g/mol. The summed E-state index contributed by atoms with van der Waals surface area (Å²) >= 11 is 0. The number of aromatic nitrogens is 2. The molecule has 1 aliphatic rings. The third-order valence-electron chi connectivity index (χ3n) is 4.93. The molecule has 31 heavy (non-hydrogen) atoms. The fraction of sp³-hybridized carbons (Fsp3) is 0.773. The number of aromatic amines is 1. The summed E-state index contributed by atoms with van der Waals surface area (Å²) in [5.41, 5.74) is -1.17. The molecule has 0 spiro atoms. The van der Waals surface area contributed by atoms with E-state index in [0.717, 1.165) is 0 Å². The normalized spacial score (nSPS) is 24.4. The molecule has 1 aliphatic heterocycles. The molecule has 2 rings (SSSR count). The van der Waals surface area contributed by atoms with E-state index in [9.17, 15) is 14.4 Å². The van der Waals surface area contributed by atoms with E-state index in [0.29, 0.717) is 12.0 Å². The first-order valence-corrected chi connectivity index (χ1v) is 10.7. The van der Waals surface area contributed by atoms with Crippen LogP contribution in [-0.2, 0) is 19.0 Å². The van der Waals surface area contributed by atoms with Gasteiger partial charge in [-0.2, -0.15) is 0 Å². The van der Waals surface area contributed by atoms with Crippen LogP contribution in [0.4, 0.5) is 0 Å². The Balaban J connectivity index is 2.46. The summed E-state index contributed by atoms with van der Waals surface area (Å²) < 4.78 is 20.2. The predicted molar refractivity (Wildman–Crippen MR) is 117 cm³/mol. The maximum absolute atomic E-state index is 12.6. The van der Waals surface area contributed by atoms with Crippen LogP contribution < -0.4 is 16.6 Å². The molecule has 0 aliphatic carbocycles. The lowest BCUT2D eigenvalue weighted by atomic mass is 9.87. The molecule has 1 amide bonds. The third kappa shape index (κ3) is 7.02. The standard InChI is InChI=1S/C22H37N3O6/c1-13-12-25(20(28)24-18(13)27)19-17(29-10-9-15(26)23-8)16(31-22(5,6)7)14(30-19)11-21(2,3)4/h12,14,16-17,19H,9-11H2,1-8H3,(H,23,26)(H,24,27,28)/t14-,16?,17+,19-/m1/s1. The van der Waals surface area contributed by atoms with Crippen LogP contribution in [0, 0.1) is 12.3 Å². The SMILES string of the molecule is CNC(=O)CCO[C@H]1C(OC(C)(C)C)[C@@H](CC(C)(C)C)O[C@H]1n1cc(C)c(=O)[nH]c1=O. The number of nitrogens with zero attached hydrogens (tertiary/aromatic N) is 1. The summed E-state index contributed by atoms with van der Waals surface area (Å²) in [4.78, 5) is 38.5. The largest absolute Gasteiger partial charge is 0.370 e. The number of hydrogen-bond acceptors (Lipinski definition) is 6. The fourth-order valence-corrected chi connectivity index (χ4v) is 3.62. The minimum absolute atomic E-state index is 0.0580. The van der Waals surface area contributed by atoms with Crippen LogP contribution in [0.1, 0.15) is 66.2 Å². The Morgan fingerprint density at radius 1 is 1.19 bits per heavy atom. The lowest BCUT2D eigenvalue weighted by Crippen LogP contribution is -2.44. The highest BCUT2D eigenvalue weighted by atomic mass is 16.6. The van der Waals surface area contributed by atoms with Gasteiger partial charge >= 0.3 is 5.69 Å². The van der Waals surface area contributed by atoms with E-state index < -0.39 is 35.3 Å². The molecular weight excluding hydrogens is 402 g/mol.